The molecule has 0 aliphatic carbocycles. The van der Waals surface area contributed by atoms with E-state index in [0.29, 0.717) is 30.8 Å². The van der Waals surface area contributed by atoms with Crippen LogP contribution in [0.25, 0.3) is 0 Å². The number of hydrogen-bond acceptors (Lipinski definition) is 4. The van der Waals surface area contributed by atoms with Gasteiger partial charge in [0.1, 0.15) is 0 Å². The number of ether oxygens (including phenoxy) is 1. The number of rotatable bonds is 12. The molecule has 1 aliphatic rings. The quantitative estimate of drug-likeness (QED) is 0.488. The van der Waals surface area contributed by atoms with Gasteiger partial charge in [0.15, 0.2) is 0 Å². The second kappa shape index (κ2) is 13.3. The summed E-state index contributed by atoms with van der Waals surface area (Å²) in [7, 11) is 1.66. The van der Waals surface area contributed by atoms with Crippen molar-refractivity contribution in [2.24, 2.45) is 5.92 Å². The number of nitrogens with zero attached hydrogens (tertiary/aromatic N) is 1. The lowest BCUT2D eigenvalue weighted by atomic mass is 9.97. The van der Waals surface area contributed by atoms with Crippen molar-refractivity contribution in [3.05, 3.63) is 23.8 Å². The molecule has 1 fully saturated rings. The number of anilines is 2. The van der Waals surface area contributed by atoms with Crippen LogP contribution in [0.5, 0.6) is 0 Å². The molecule has 1 heterocycles. The summed E-state index contributed by atoms with van der Waals surface area (Å²) in [5, 5.41) is 5.96. The Labute approximate surface area is 181 Å². The lowest BCUT2D eigenvalue weighted by molar-refractivity contribution is -0.116. The van der Waals surface area contributed by atoms with Crippen molar-refractivity contribution in [1.82, 2.24) is 5.32 Å². The van der Waals surface area contributed by atoms with E-state index in [1.165, 1.54) is 0 Å². The number of unbranched alkanes of at least 4 members (excludes halogenated alkanes) is 3. The number of piperidine rings is 1. The predicted molar refractivity (Wildman–Crippen MR) is 123 cm³/mol. The van der Waals surface area contributed by atoms with Crippen molar-refractivity contribution in [3.63, 3.8) is 0 Å². The van der Waals surface area contributed by atoms with Crippen molar-refractivity contribution in [1.29, 1.82) is 0 Å². The number of carbonyl (C=O) groups excluding carboxylic acids is 2. The van der Waals surface area contributed by atoms with Gasteiger partial charge < -0.3 is 20.3 Å². The maximum absolute atomic E-state index is 12.9. The average Bonchev–Trinajstić information content (AvgIpc) is 2.75. The molecule has 1 aromatic carbocycles. The monoisotopic (exact) mass is 417 g/mol. The van der Waals surface area contributed by atoms with Crippen LogP contribution >= 0.6 is 0 Å². The molecule has 0 unspecified atom stereocenters. The normalized spacial score (nSPS) is 14.6. The standard InChI is InChI=1S/C24H39N3O3/c1-4-5-6-7-9-23(28)26-20-10-11-22(27-15-12-19(2)13-16-27)21(18-20)24(29)25-14-8-17-30-3/h10-11,18-19H,4-9,12-17H2,1-3H3,(H,25,29)(H,26,28). The van der Waals surface area contributed by atoms with Gasteiger partial charge in [-0.2, -0.15) is 0 Å². The number of methoxy groups -OCH3 is 1. The summed E-state index contributed by atoms with van der Waals surface area (Å²) in [6, 6.07) is 5.72. The van der Waals surface area contributed by atoms with Crippen molar-refractivity contribution >= 4 is 23.2 Å². The van der Waals surface area contributed by atoms with E-state index >= 15 is 0 Å². The van der Waals surface area contributed by atoms with Gasteiger partial charge in [-0.25, -0.2) is 0 Å². The Morgan fingerprint density at radius 2 is 1.90 bits per heavy atom. The van der Waals surface area contributed by atoms with E-state index in [1.54, 1.807) is 7.11 Å². The van der Waals surface area contributed by atoms with Gasteiger partial charge in [-0.15, -0.1) is 0 Å². The molecule has 0 aromatic heterocycles. The van der Waals surface area contributed by atoms with Gasteiger partial charge in [0, 0.05) is 51.1 Å². The molecule has 2 amide bonds. The van der Waals surface area contributed by atoms with Crippen LogP contribution in [0, 0.1) is 5.92 Å². The highest BCUT2D eigenvalue weighted by atomic mass is 16.5. The Morgan fingerprint density at radius 1 is 1.13 bits per heavy atom. The third-order valence-electron chi connectivity index (χ3n) is 5.72. The van der Waals surface area contributed by atoms with Gasteiger partial charge >= 0.3 is 0 Å². The summed E-state index contributed by atoms with van der Waals surface area (Å²) in [5.41, 5.74) is 2.27. The molecular formula is C24H39N3O3. The Bertz CT molecular complexity index is 670. The average molecular weight is 418 g/mol. The van der Waals surface area contributed by atoms with Gasteiger partial charge in [-0.3, -0.25) is 9.59 Å². The van der Waals surface area contributed by atoms with Gasteiger partial charge in [0.2, 0.25) is 5.91 Å². The Morgan fingerprint density at radius 3 is 2.60 bits per heavy atom. The third kappa shape index (κ3) is 7.98. The van der Waals surface area contributed by atoms with Gasteiger partial charge in [0.05, 0.1) is 5.56 Å². The fourth-order valence-corrected chi connectivity index (χ4v) is 3.77. The van der Waals surface area contributed by atoms with Gasteiger partial charge in [-0.05, 0) is 49.8 Å². The summed E-state index contributed by atoms with van der Waals surface area (Å²) >= 11 is 0. The fourth-order valence-electron chi connectivity index (χ4n) is 3.77. The zero-order valence-corrected chi connectivity index (χ0v) is 19.0. The molecule has 0 saturated carbocycles. The molecule has 0 spiro atoms. The highest BCUT2D eigenvalue weighted by molar-refractivity contribution is 6.02. The van der Waals surface area contributed by atoms with Gasteiger partial charge in [-0.1, -0.05) is 33.1 Å². The maximum Gasteiger partial charge on any atom is 0.253 e. The SMILES string of the molecule is CCCCCCC(=O)Nc1ccc(N2CCC(C)CC2)c(C(=O)NCCCOC)c1. The van der Waals surface area contributed by atoms with Crippen LogP contribution in [0.2, 0.25) is 0 Å². The highest BCUT2D eigenvalue weighted by Gasteiger charge is 2.21. The molecule has 30 heavy (non-hydrogen) atoms. The van der Waals surface area contributed by atoms with E-state index in [1.807, 2.05) is 18.2 Å². The molecule has 0 radical (unpaired) electrons. The van der Waals surface area contributed by atoms with Crippen LogP contribution in [0.3, 0.4) is 0 Å². The van der Waals surface area contributed by atoms with Crippen molar-refractivity contribution in [2.75, 3.05) is 43.6 Å². The molecular weight excluding hydrogens is 378 g/mol. The predicted octanol–water partition coefficient (Wildman–Crippen LogP) is 4.60. The zero-order chi connectivity index (χ0) is 21.8. The molecule has 2 rings (SSSR count). The molecule has 168 valence electrons. The summed E-state index contributed by atoms with van der Waals surface area (Å²) in [4.78, 5) is 27.5. The number of nitrogens with one attached hydrogen (secondary N) is 2. The molecule has 1 aliphatic heterocycles. The van der Waals surface area contributed by atoms with Crippen LogP contribution in [0.4, 0.5) is 11.4 Å². The van der Waals surface area contributed by atoms with Crippen LogP contribution in [0.1, 0.15) is 75.6 Å². The second-order valence-electron chi connectivity index (χ2n) is 8.36. The van der Waals surface area contributed by atoms with Crippen molar-refractivity contribution in [3.8, 4) is 0 Å². The minimum atomic E-state index is -0.0984. The largest absolute Gasteiger partial charge is 0.385 e. The van der Waals surface area contributed by atoms with Crippen molar-refractivity contribution in [2.45, 2.75) is 65.2 Å². The Kier molecular flexibility index (Phi) is 10.7. The lowest BCUT2D eigenvalue weighted by Crippen LogP contribution is -2.35. The molecule has 6 heteroatoms. The van der Waals surface area contributed by atoms with Gasteiger partial charge in [0.25, 0.3) is 5.91 Å². The number of hydrogen-bond donors (Lipinski definition) is 2. The highest BCUT2D eigenvalue weighted by Crippen LogP contribution is 2.29. The second-order valence-corrected chi connectivity index (χ2v) is 8.36. The first-order valence-electron chi connectivity index (χ1n) is 11.5. The van der Waals surface area contributed by atoms with Crippen LogP contribution in [-0.2, 0) is 9.53 Å². The van der Waals surface area contributed by atoms with E-state index in [0.717, 1.165) is 69.6 Å². The van der Waals surface area contributed by atoms with E-state index < -0.39 is 0 Å². The minimum absolute atomic E-state index is 0.0112. The summed E-state index contributed by atoms with van der Waals surface area (Å²) in [6.45, 7) is 7.53. The summed E-state index contributed by atoms with van der Waals surface area (Å²) in [5.74, 6) is 0.634. The van der Waals surface area contributed by atoms with Crippen LogP contribution < -0.4 is 15.5 Å². The Balaban J connectivity index is 2.08. The van der Waals surface area contributed by atoms with Crippen molar-refractivity contribution < 1.29 is 14.3 Å². The number of carbonyl (C=O) groups is 2. The summed E-state index contributed by atoms with van der Waals surface area (Å²) < 4.78 is 5.06. The Hall–Kier alpha value is -2.08. The number of benzene rings is 1. The van der Waals surface area contributed by atoms with E-state index in [-0.39, 0.29) is 11.8 Å². The van der Waals surface area contributed by atoms with E-state index in [4.69, 9.17) is 4.74 Å². The molecule has 2 N–H and O–H groups in total. The molecule has 0 bridgehead atoms. The molecule has 0 atom stereocenters. The van der Waals surface area contributed by atoms with E-state index in [9.17, 15) is 9.59 Å². The lowest BCUT2D eigenvalue weighted by Gasteiger charge is -2.33. The third-order valence-corrected chi connectivity index (χ3v) is 5.72. The molecule has 1 saturated heterocycles. The minimum Gasteiger partial charge on any atom is -0.385 e. The smallest absolute Gasteiger partial charge is 0.253 e. The zero-order valence-electron chi connectivity index (χ0n) is 19.0. The number of amides is 2. The first-order chi connectivity index (χ1) is 14.5. The fraction of sp³-hybridized carbons (Fsp3) is 0.667. The topological polar surface area (TPSA) is 70.7 Å². The summed E-state index contributed by atoms with van der Waals surface area (Å²) in [6.07, 6.45) is 7.83. The van der Waals surface area contributed by atoms with E-state index in [2.05, 4.69) is 29.4 Å². The van der Waals surface area contributed by atoms with Crippen LogP contribution in [-0.4, -0.2) is 45.2 Å². The maximum atomic E-state index is 12.9. The first-order valence-corrected chi connectivity index (χ1v) is 11.5. The molecule has 1 aromatic rings. The molecule has 6 nitrogen and oxygen atoms in total. The first kappa shape index (κ1) is 24.2. The van der Waals surface area contributed by atoms with Crippen LogP contribution in [0.15, 0.2) is 18.2 Å².